The van der Waals surface area contributed by atoms with Gasteiger partial charge in [0.2, 0.25) is 0 Å². The molecule has 1 heterocycles. The summed E-state index contributed by atoms with van der Waals surface area (Å²) >= 11 is 0. The van der Waals surface area contributed by atoms with Crippen molar-refractivity contribution in [2.24, 2.45) is 0 Å². The van der Waals surface area contributed by atoms with Gasteiger partial charge in [-0.15, -0.1) is 0 Å². The van der Waals surface area contributed by atoms with Crippen LogP contribution in [-0.2, 0) is 6.18 Å². The van der Waals surface area contributed by atoms with E-state index >= 15 is 0 Å². The summed E-state index contributed by atoms with van der Waals surface area (Å²) in [7, 11) is 1.59. The van der Waals surface area contributed by atoms with Gasteiger partial charge in [-0.25, -0.2) is 9.37 Å². The second kappa shape index (κ2) is 4.96. The van der Waals surface area contributed by atoms with Crippen molar-refractivity contribution in [3.8, 4) is 0 Å². The molecule has 0 aliphatic rings. The molecule has 19 heavy (non-hydrogen) atoms. The first-order valence-corrected chi connectivity index (χ1v) is 5.32. The van der Waals surface area contributed by atoms with Gasteiger partial charge >= 0.3 is 6.18 Å². The lowest BCUT2D eigenvalue weighted by Gasteiger charge is -2.15. The van der Waals surface area contributed by atoms with E-state index in [0.29, 0.717) is 17.5 Å². The smallest absolute Gasteiger partial charge is 0.307 e. The molecule has 1 unspecified atom stereocenters. The molecule has 0 saturated carbocycles. The fourth-order valence-corrected chi connectivity index (χ4v) is 1.76. The molecule has 102 valence electrons. The van der Waals surface area contributed by atoms with Gasteiger partial charge in [-0.1, -0.05) is 6.07 Å². The molecule has 0 amide bonds. The average molecular weight is 274 g/mol. The molecule has 0 radical (unpaired) electrons. The maximum absolute atomic E-state index is 13.5. The molecule has 0 spiro atoms. The third-order valence-corrected chi connectivity index (χ3v) is 2.63. The molecule has 0 fully saturated rings. The van der Waals surface area contributed by atoms with Crippen molar-refractivity contribution >= 4 is 0 Å². The third-order valence-electron chi connectivity index (χ3n) is 2.63. The summed E-state index contributed by atoms with van der Waals surface area (Å²) in [5.41, 5.74) is -0.964. The third kappa shape index (κ3) is 2.73. The number of nitrogens with zero attached hydrogens (tertiary/aromatic N) is 2. The molecule has 0 saturated heterocycles. The highest BCUT2D eigenvalue weighted by Gasteiger charge is 2.34. The van der Waals surface area contributed by atoms with E-state index in [1.807, 2.05) is 0 Å². The monoisotopic (exact) mass is 274 g/mol. The van der Waals surface area contributed by atoms with Crippen LogP contribution in [0.25, 0.3) is 0 Å². The number of H-pyrrole nitrogens is 1. The van der Waals surface area contributed by atoms with Crippen LogP contribution in [0.5, 0.6) is 0 Å². The number of rotatable bonds is 3. The average Bonchev–Trinajstić information content (AvgIpc) is 2.82. The zero-order chi connectivity index (χ0) is 14.0. The van der Waals surface area contributed by atoms with Crippen LogP contribution in [0.1, 0.15) is 23.0 Å². The van der Waals surface area contributed by atoms with Crippen molar-refractivity contribution in [1.29, 1.82) is 0 Å². The Hall–Kier alpha value is -1.96. The molecular formula is C11H10F4N4. The van der Waals surface area contributed by atoms with Crippen LogP contribution < -0.4 is 5.32 Å². The molecule has 0 aliphatic heterocycles. The Kier molecular flexibility index (Phi) is 3.52. The lowest BCUT2D eigenvalue weighted by Crippen LogP contribution is -2.20. The first-order chi connectivity index (χ1) is 8.93. The summed E-state index contributed by atoms with van der Waals surface area (Å²) in [6.45, 7) is 0. The molecule has 0 aliphatic carbocycles. The summed E-state index contributed by atoms with van der Waals surface area (Å²) in [6, 6.07) is 2.20. The fraction of sp³-hybridized carbons (Fsp3) is 0.273. The van der Waals surface area contributed by atoms with Crippen LogP contribution in [0.2, 0.25) is 0 Å². The normalized spacial score (nSPS) is 13.5. The topological polar surface area (TPSA) is 53.6 Å². The molecule has 8 heteroatoms. The summed E-state index contributed by atoms with van der Waals surface area (Å²) in [6.07, 6.45) is -3.44. The van der Waals surface area contributed by atoms with Crippen LogP contribution in [0.4, 0.5) is 17.6 Å². The van der Waals surface area contributed by atoms with Crippen molar-refractivity contribution in [2.45, 2.75) is 12.2 Å². The summed E-state index contributed by atoms with van der Waals surface area (Å²) < 4.78 is 50.8. The molecule has 2 rings (SSSR count). The van der Waals surface area contributed by atoms with Crippen molar-refractivity contribution in [1.82, 2.24) is 20.5 Å². The molecule has 1 aromatic carbocycles. The predicted molar refractivity (Wildman–Crippen MR) is 58.7 cm³/mol. The first-order valence-electron chi connectivity index (χ1n) is 5.32. The zero-order valence-electron chi connectivity index (χ0n) is 9.79. The molecule has 2 aromatic rings. The van der Waals surface area contributed by atoms with Crippen molar-refractivity contribution in [3.63, 3.8) is 0 Å². The quantitative estimate of drug-likeness (QED) is 0.844. The highest BCUT2D eigenvalue weighted by Crippen LogP contribution is 2.32. The summed E-state index contributed by atoms with van der Waals surface area (Å²) in [5.74, 6) is -0.925. The minimum atomic E-state index is -4.70. The molecule has 4 nitrogen and oxygen atoms in total. The minimum absolute atomic E-state index is 0.324. The lowest BCUT2D eigenvalue weighted by molar-refractivity contribution is -0.140. The Morgan fingerprint density at radius 3 is 2.53 bits per heavy atom. The van der Waals surface area contributed by atoms with E-state index in [1.165, 1.54) is 12.4 Å². The highest BCUT2D eigenvalue weighted by atomic mass is 19.4. The van der Waals surface area contributed by atoms with Gasteiger partial charge in [-0.3, -0.25) is 5.10 Å². The van der Waals surface area contributed by atoms with Crippen LogP contribution in [-0.4, -0.2) is 22.2 Å². The van der Waals surface area contributed by atoms with Gasteiger partial charge in [0.25, 0.3) is 0 Å². The van der Waals surface area contributed by atoms with Gasteiger partial charge in [0.1, 0.15) is 18.0 Å². The van der Waals surface area contributed by atoms with Crippen LogP contribution in [0, 0.1) is 5.82 Å². The van der Waals surface area contributed by atoms with Crippen molar-refractivity contribution in [2.75, 3.05) is 7.05 Å². The first kappa shape index (κ1) is 13.5. The molecule has 1 atom stereocenters. The highest BCUT2D eigenvalue weighted by molar-refractivity contribution is 5.31. The van der Waals surface area contributed by atoms with Crippen LogP contribution in [0.3, 0.4) is 0 Å². The van der Waals surface area contributed by atoms with Gasteiger partial charge in [-0.05, 0) is 24.7 Å². The number of halogens is 4. The summed E-state index contributed by atoms with van der Waals surface area (Å²) in [4.78, 5) is 3.89. The van der Waals surface area contributed by atoms with Crippen LogP contribution in [0.15, 0.2) is 24.5 Å². The molecule has 0 bridgehead atoms. The molecule has 2 N–H and O–H groups in total. The number of alkyl halides is 3. The van der Waals surface area contributed by atoms with Crippen molar-refractivity contribution < 1.29 is 17.6 Å². The van der Waals surface area contributed by atoms with E-state index in [2.05, 4.69) is 20.5 Å². The van der Waals surface area contributed by atoms with Gasteiger partial charge in [0, 0.05) is 0 Å². The van der Waals surface area contributed by atoms with Gasteiger partial charge < -0.3 is 5.32 Å². The Balaban J connectivity index is 2.39. The Morgan fingerprint density at radius 1 is 1.32 bits per heavy atom. The number of hydrogen-bond acceptors (Lipinski definition) is 3. The van der Waals surface area contributed by atoms with E-state index in [-0.39, 0.29) is 0 Å². The van der Waals surface area contributed by atoms with E-state index in [9.17, 15) is 17.6 Å². The zero-order valence-corrected chi connectivity index (χ0v) is 9.79. The fourth-order valence-electron chi connectivity index (χ4n) is 1.76. The largest absolute Gasteiger partial charge is 0.419 e. The van der Waals surface area contributed by atoms with Gasteiger partial charge in [0.15, 0.2) is 0 Å². The maximum atomic E-state index is 13.5. The number of aromatic nitrogens is 3. The van der Waals surface area contributed by atoms with Crippen molar-refractivity contribution in [3.05, 3.63) is 47.3 Å². The number of hydrogen-bond donors (Lipinski definition) is 2. The number of nitrogens with one attached hydrogen (secondary N) is 2. The maximum Gasteiger partial charge on any atom is 0.419 e. The number of benzene rings is 1. The molecule has 1 aromatic heterocycles. The predicted octanol–water partition coefficient (Wildman–Crippen LogP) is 2.27. The SMILES string of the molecule is CNC(c1ccc(C(F)(F)F)c(F)c1)c1ncn[nH]1. The van der Waals surface area contributed by atoms with E-state index in [1.54, 1.807) is 7.05 Å². The molecular weight excluding hydrogens is 264 g/mol. The van der Waals surface area contributed by atoms with Gasteiger partial charge in [-0.2, -0.15) is 18.3 Å². The second-order valence-corrected chi connectivity index (χ2v) is 3.83. The minimum Gasteiger partial charge on any atom is -0.307 e. The lowest BCUT2D eigenvalue weighted by atomic mass is 10.0. The summed E-state index contributed by atoms with van der Waals surface area (Å²) in [5, 5.41) is 9.05. The second-order valence-electron chi connectivity index (χ2n) is 3.83. The Bertz CT molecular complexity index is 550. The standard InChI is InChI=1S/C11H10F4N4/c1-16-9(10-17-5-18-19-10)6-2-3-7(8(12)4-6)11(13,14)15/h2-5,9,16H,1H3,(H,17,18,19). The van der Waals surface area contributed by atoms with Gasteiger partial charge in [0.05, 0.1) is 11.6 Å². The van der Waals surface area contributed by atoms with E-state index < -0.39 is 23.6 Å². The Labute approximate surface area is 105 Å². The van der Waals surface area contributed by atoms with E-state index in [0.717, 1.165) is 6.07 Å². The number of aromatic amines is 1. The Morgan fingerprint density at radius 2 is 2.05 bits per heavy atom. The van der Waals surface area contributed by atoms with Crippen LogP contribution >= 0.6 is 0 Å². The van der Waals surface area contributed by atoms with E-state index in [4.69, 9.17) is 0 Å².